The van der Waals surface area contributed by atoms with Crippen molar-refractivity contribution in [1.29, 1.82) is 0 Å². The molecule has 11 heteroatoms. The van der Waals surface area contributed by atoms with E-state index < -0.39 is 15.9 Å². The molecule has 0 fully saturated rings. The number of ether oxygens (including phenoxy) is 3. The molecule has 0 bridgehead atoms. The van der Waals surface area contributed by atoms with Gasteiger partial charge in [-0.3, -0.25) is 4.79 Å². The van der Waals surface area contributed by atoms with Crippen molar-refractivity contribution in [3.8, 4) is 17.2 Å². The number of methoxy groups -OCH3 is 3. The summed E-state index contributed by atoms with van der Waals surface area (Å²) in [4.78, 5) is 12.8. The molecule has 1 amide bonds. The van der Waals surface area contributed by atoms with Gasteiger partial charge in [-0.2, -0.15) is 0 Å². The number of hydrogen-bond acceptors (Lipinski definition) is 5. The molecule has 7 nitrogen and oxygen atoms in total. The lowest BCUT2D eigenvalue weighted by atomic mass is 10.1. The van der Waals surface area contributed by atoms with E-state index in [2.05, 4.69) is 16.0 Å². The Morgan fingerprint density at radius 2 is 1.53 bits per heavy atom. The van der Waals surface area contributed by atoms with Crippen molar-refractivity contribution >= 4 is 63.7 Å². The van der Waals surface area contributed by atoms with E-state index in [0.29, 0.717) is 17.2 Å². The van der Waals surface area contributed by atoms with Crippen molar-refractivity contribution in [3.05, 3.63) is 48.0 Å². The Labute approximate surface area is 194 Å². The largest absolute Gasteiger partial charge is 0.493 e. The fourth-order valence-corrected chi connectivity index (χ4v) is 3.01. The molecule has 0 spiro atoms. The Balaban J connectivity index is 2.20. The van der Waals surface area contributed by atoms with Crippen LogP contribution in [0.15, 0.2) is 42.5 Å². The lowest BCUT2D eigenvalue weighted by Crippen LogP contribution is -2.56. The average Bonchev–Trinajstić information content (AvgIpc) is 2.71. The van der Waals surface area contributed by atoms with Gasteiger partial charge >= 0.3 is 0 Å². The molecule has 0 heterocycles. The molecule has 0 radical (unpaired) electrons. The van der Waals surface area contributed by atoms with Crippen molar-refractivity contribution < 1.29 is 19.0 Å². The number of amides is 1. The number of para-hydroxylation sites is 1. The van der Waals surface area contributed by atoms with E-state index in [-0.39, 0.29) is 10.7 Å². The first kappa shape index (κ1) is 24.1. The van der Waals surface area contributed by atoms with Crippen LogP contribution < -0.4 is 30.2 Å². The summed E-state index contributed by atoms with van der Waals surface area (Å²) in [7, 11) is 4.35. The molecule has 0 aliphatic rings. The molecule has 0 saturated heterocycles. The summed E-state index contributed by atoms with van der Waals surface area (Å²) >= 11 is 23.4. The number of anilines is 1. The molecule has 162 valence electrons. The van der Waals surface area contributed by atoms with Gasteiger partial charge in [0.05, 0.1) is 21.3 Å². The summed E-state index contributed by atoms with van der Waals surface area (Å²) in [5.74, 6) is 0.407. The van der Waals surface area contributed by atoms with Crippen LogP contribution in [0, 0.1) is 0 Å². The van der Waals surface area contributed by atoms with Crippen LogP contribution in [-0.4, -0.2) is 42.3 Å². The molecule has 30 heavy (non-hydrogen) atoms. The number of hydrogen-bond donors (Lipinski definition) is 3. The lowest BCUT2D eigenvalue weighted by molar-refractivity contribution is 0.0933. The number of halogens is 3. The maximum atomic E-state index is 12.8. The van der Waals surface area contributed by atoms with Gasteiger partial charge in [-0.25, -0.2) is 0 Å². The van der Waals surface area contributed by atoms with Gasteiger partial charge in [0.25, 0.3) is 5.91 Å². The Bertz CT molecular complexity index is 869. The minimum Gasteiger partial charge on any atom is -0.493 e. The van der Waals surface area contributed by atoms with Crippen LogP contribution in [0.25, 0.3) is 0 Å². The second kappa shape index (κ2) is 10.8. The molecular formula is C19H20Cl3N3O4S. The number of nitrogens with one attached hydrogen (secondary N) is 3. The zero-order valence-electron chi connectivity index (χ0n) is 16.3. The van der Waals surface area contributed by atoms with Crippen molar-refractivity contribution in [2.45, 2.75) is 9.96 Å². The minimum absolute atomic E-state index is 0.155. The first-order valence-corrected chi connectivity index (χ1v) is 10.0. The third kappa shape index (κ3) is 6.43. The third-order valence-corrected chi connectivity index (χ3v) is 4.71. The summed E-state index contributed by atoms with van der Waals surface area (Å²) in [6, 6.07) is 12.1. The molecule has 3 N–H and O–H groups in total. The third-order valence-electron chi connectivity index (χ3n) is 3.84. The van der Waals surface area contributed by atoms with E-state index in [9.17, 15) is 4.79 Å². The second-order valence-electron chi connectivity index (χ2n) is 5.83. The van der Waals surface area contributed by atoms with E-state index in [1.807, 2.05) is 30.3 Å². The topological polar surface area (TPSA) is 80.9 Å². The predicted molar refractivity (Wildman–Crippen MR) is 123 cm³/mol. The summed E-state index contributed by atoms with van der Waals surface area (Å²) in [5.41, 5.74) is 0.932. The lowest BCUT2D eigenvalue weighted by Gasteiger charge is -2.28. The van der Waals surface area contributed by atoms with Gasteiger partial charge in [-0.1, -0.05) is 53.0 Å². The van der Waals surface area contributed by atoms with Crippen LogP contribution in [0.2, 0.25) is 0 Å². The van der Waals surface area contributed by atoms with Gasteiger partial charge in [0.15, 0.2) is 16.6 Å². The normalized spacial score (nSPS) is 11.8. The molecular weight excluding hydrogens is 473 g/mol. The molecule has 0 unspecified atom stereocenters. The van der Waals surface area contributed by atoms with Gasteiger partial charge in [0, 0.05) is 11.3 Å². The fraction of sp³-hybridized carbons (Fsp3) is 0.263. The molecule has 2 rings (SSSR count). The Kier molecular flexibility index (Phi) is 8.66. The molecule has 2 aromatic rings. The maximum absolute atomic E-state index is 12.8. The van der Waals surface area contributed by atoms with Gasteiger partial charge in [0.1, 0.15) is 6.17 Å². The zero-order chi connectivity index (χ0) is 22.3. The SMILES string of the molecule is COc1cc(C(=O)N[C@H](NC(=S)Nc2ccccc2)C(Cl)(Cl)Cl)cc(OC)c1OC. The zero-order valence-corrected chi connectivity index (χ0v) is 19.4. The Hall–Kier alpha value is -2.13. The number of benzene rings is 2. The second-order valence-corrected chi connectivity index (χ2v) is 8.60. The number of thiocarbonyl (C=S) groups is 1. The van der Waals surface area contributed by atoms with Crippen molar-refractivity contribution in [3.63, 3.8) is 0 Å². The summed E-state index contributed by atoms with van der Waals surface area (Å²) in [6.07, 6.45) is -1.14. The highest BCUT2D eigenvalue weighted by Gasteiger charge is 2.35. The molecule has 0 aliphatic carbocycles. The molecule has 1 atom stereocenters. The van der Waals surface area contributed by atoms with E-state index in [1.54, 1.807) is 0 Å². The van der Waals surface area contributed by atoms with Gasteiger partial charge in [0.2, 0.25) is 9.54 Å². The van der Waals surface area contributed by atoms with Crippen molar-refractivity contribution in [2.75, 3.05) is 26.6 Å². The van der Waals surface area contributed by atoms with Crippen molar-refractivity contribution in [2.24, 2.45) is 0 Å². The predicted octanol–water partition coefficient (Wildman–Crippen LogP) is 4.13. The maximum Gasteiger partial charge on any atom is 0.253 e. The fourth-order valence-electron chi connectivity index (χ4n) is 2.45. The standard InChI is InChI=1S/C19H20Cl3N3O4S/c1-27-13-9-11(10-14(28-2)15(13)29-3)16(26)24-17(19(20,21)22)25-18(30)23-12-7-5-4-6-8-12/h4-10,17H,1-3H3,(H,24,26)(H2,23,25,30)/t17-/m1/s1. The molecule has 2 aromatic carbocycles. The molecule has 0 aromatic heterocycles. The Morgan fingerprint density at radius 1 is 0.967 bits per heavy atom. The van der Waals surface area contributed by atoms with Crippen LogP contribution in [0.3, 0.4) is 0 Å². The van der Waals surface area contributed by atoms with Gasteiger partial charge < -0.3 is 30.2 Å². The summed E-state index contributed by atoms with van der Waals surface area (Å²) < 4.78 is 13.9. The van der Waals surface area contributed by atoms with E-state index in [4.69, 9.17) is 61.2 Å². The van der Waals surface area contributed by atoms with Crippen LogP contribution in [0.1, 0.15) is 10.4 Å². The highest BCUT2D eigenvalue weighted by Crippen LogP contribution is 2.38. The van der Waals surface area contributed by atoms with E-state index in [0.717, 1.165) is 5.69 Å². The quantitative estimate of drug-likeness (QED) is 0.305. The van der Waals surface area contributed by atoms with E-state index >= 15 is 0 Å². The molecule has 0 saturated carbocycles. The van der Waals surface area contributed by atoms with Crippen LogP contribution in [0.5, 0.6) is 17.2 Å². The summed E-state index contributed by atoms with van der Waals surface area (Å²) in [6.45, 7) is 0. The van der Waals surface area contributed by atoms with Crippen LogP contribution in [0.4, 0.5) is 5.69 Å². The average molecular weight is 493 g/mol. The van der Waals surface area contributed by atoms with Crippen LogP contribution in [-0.2, 0) is 0 Å². The number of carbonyl (C=O) groups is 1. The molecule has 0 aliphatic heterocycles. The number of carbonyl (C=O) groups excluding carboxylic acids is 1. The highest BCUT2D eigenvalue weighted by molar-refractivity contribution is 7.80. The minimum atomic E-state index is -1.90. The summed E-state index contributed by atoms with van der Waals surface area (Å²) in [5, 5.41) is 8.50. The monoisotopic (exact) mass is 491 g/mol. The van der Waals surface area contributed by atoms with E-state index in [1.165, 1.54) is 33.5 Å². The van der Waals surface area contributed by atoms with Gasteiger partial charge in [-0.05, 0) is 36.5 Å². The van der Waals surface area contributed by atoms with Gasteiger partial charge in [-0.15, -0.1) is 0 Å². The highest BCUT2D eigenvalue weighted by atomic mass is 35.6. The smallest absolute Gasteiger partial charge is 0.253 e. The number of rotatable bonds is 7. The number of alkyl halides is 3. The Morgan fingerprint density at radius 3 is 2.00 bits per heavy atom. The van der Waals surface area contributed by atoms with Crippen LogP contribution >= 0.6 is 47.0 Å². The first-order chi connectivity index (χ1) is 14.2. The first-order valence-electron chi connectivity index (χ1n) is 8.49. The van der Waals surface area contributed by atoms with Crippen molar-refractivity contribution in [1.82, 2.24) is 10.6 Å².